The summed E-state index contributed by atoms with van der Waals surface area (Å²) in [5.74, 6) is -1.33. The number of methoxy groups -OCH3 is 1. The quantitative estimate of drug-likeness (QED) is 0.0751. The van der Waals surface area contributed by atoms with Crippen molar-refractivity contribution in [1.29, 1.82) is 0 Å². The summed E-state index contributed by atoms with van der Waals surface area (Å²) in [6.07, 6.45) is -7.04. The van der Waals surface area contributed by atoms with Crippen molar-refractivity contribution in [3.05, 3.63) is 167 Å². The Morgan fingerprint density at radius 1 is 0.800 bits per heavy atom. The Hall–Kier alpha value is -6.74. The van der Waals surface area contributed by atoms with Gasteiger partial charge >= 0.3 is 12.1 Å². The van der Waals surface area contributed by atoms with Crippen molar-refractivity contribution in [1.82, 2.24) is 14.3 Å². The van der Waals surface area contributed by atoms with Crippen LogP contribution in [0.15, 0.2) is 140 Å². The van der Waals surface area contributed by atoms with E-state index in [1.165, 1.54) is 23.9 Å². The number of amides is 1. The molecule has 2 atom stereocenters. The molecule has 0 spiro atoms. The van der Waals surface area contributed by atoms with Crippen LogP contribution in [0.1, 0.15) is 60.8 Å². The van der Waals surface area contributed by atoms with Crippen molar-refractivity contribution < 1.29 is 47.2 Å². The van der Waals surface area contributed by atoms with Gasteiger partial charge in [0.1, 0.15) is 11.6 Å². The summed E-state index contributed by atoms with van der Waals surface area (Å²) in [6, 6.07) is 39.0. The number of aliphatic hydroxyl groups excluding tert-OH is 2. The molecular formula is C50H47ClF4N4O6. The number of aliphatic hydroxyl groups is 2. The van der Waals surface area contributed by atoms with E-state index < -0.39 is 36.5 Å². The van der Waals surface area contributed by atoms with Crippen LogP contribution in [0, 0.1) is 5.82 Å². The number of carboxylic acid groups (broad SMARTS) is 1. The molecule has 1 amide bonds. The second-order valence-corrected chi connectivity index (χ2v) is 15.9. The normalized spacial score (nSPS) is 12.3. The van der Waals surface area contributed by atoms with Gasteiger partial charge in [-0.05, 0) is 109 Å². The standard InChI is InChI=1S/C33H35FN2O5.C17H12ClF3N2O/c1-21(2)31-30(33(41)35-25-11-7-4-8-12-25)29(22-9-5-3-6-10-22)32(23-13-15-24(34)16-14-23)36(31)18-17-26(37)19-27(38)20-28(39)40;1-24-14-8-6-13(7-9-14)23-15(10-16(22-23)17(19,20)21)11-2-4-12(18)5-3-11/h3-16,21,26-27,37-38H,17-20H2,1-2H3,(H,35,41)(H,39,40);2-10H,1H3/t26-,27-;/m1./s1. The summed E-state index contributed by atoms with van der Waals surface area (Å²) in [4.78, 5) is 25.0. The van der Waals surface area contributed by atoms with E-state index in [1.807, 2.05) is 79.1 Å². The Labute approximate surface area is 378 Å². The molecule has 0 aliphatic carbocycles. The molecule has 10 nitrogen and oxygen atoms in total. The molecule has 2 heterocycles. The van der Waals surface area contributed by atoms with Crippen LogP contribution in [0.3, 0.4) is 0 Å². The number of anilines is 1. The van der Waals surface area contributed by atoms with Crippen molar-refractivity contribution in [2.75, 3.05) is 12.4 Å². The van der Waals surface area contributed by atoms with E-state index in [0.29, 0.717) is 55.8 Å². The lowest BCUT2D eigenvalue weighted by Gasteiger charge is -2.20. The van der Waals surface area contributed by atoms with Gasteiger partial charge in [0.25, 0.3) is 5.91 Å². The molecule has 338 valence electrons. The van der Waals surface area contributed by atoms with Gasteiger partial charge in [-0.15, -0.1) is 0 Å². The van der Waals surface area contributed by atoms with Crippen LogP contribution in [-0.2, 0) is 17.5 Å². The van der Waals surface area contributed by atoms with E-state index in [4.69, 9.17) is 21.4 Å². The predicted octanol–water partition coefficient (Wildman–Crippen LogP) is 11.5. The number of carbonyl (C=O) groups excluding carboxylic acids is 1. The van der Waals surface area contributed by atoms with E-state index in [9.17, 15) is 37.4 Å². The molecule has 4 N–H and O–H groups in total. The Kier molecular flexibility index (Phi) is 15.6. The summed E-state index contributed by atoms with van der Waals surface area (Å²) in [6.45, 7) is 4.25. The summed E-state index contributed by atoms with van der Waals surface area (Å²) in [5.41, 5.74) is 5.22. The number of carbonyl (C=O) groups is 2. The fourth-order valence-corrected chi connectivity index (χ4v) is 7.60. The van der Waals surface area contributed by atoms with Crippen molar-refractivity contribution in [2.45, 2.75) is 64.0 Å². The van der Waals surface area contributed by atoms with Crippen LogP contribution in [0.2, 0.25) is 5.02 Å². The molecule has 0 bridgehead atoms. The number of alkyl halides is 3. The fraction of sp³-hybridized carbons (Fsp3) is 0.220. The van der Waals surface area contributed by atoms with E-state index in [2.05, 4.69) is 10.4 Å². The first kappa shape index (κ1) is 47.7. The summed E-state index contributed by atoms with van der Waals surface area (Å²) in [7, 11) is 1.52. The van der Waals surface area contributed by atoms with Gasteiger partial charge in [-0.1, -0.05) is 86.1 Å². The molecule has 15 heteroatoms. The molecule has 0 saturated carbocycles. The second-order valence-electron chi connectivity index (χ2n) is 15.4. The zero-order valence-corrected chi connectivity index (χ0v) is 36.4. The van der Waals surface area contributed by atoms with Gasteiger partial charge in [-0.25, -0.2) is 9.07 Å². The molecule has 5 aromatic carbocycles. The Balaban J connectivity index is 0.000000247. The lowest BCUT2D eigenvalue weighted by atomic mass is 9.94. The average molecular weight is 911 g/mol. The highest BCUT2D eigenvalue weighted by Crippen LogP contribution is 2.43. The Bertz CT molecular complexity index is 2670. The molecule has 65 heavy (non-hydrogen) atoms. The number of hydrogen-bond donors (Lipinski definition) is 4. The number of aromatic nitrogens is 3. The number of ether oxygens (including phenoxy) is 1. The first-order chi connectivity index (χ1) is 31.0. The molecule has 0 fully saturated rings. The maximum atomic E-state index is 14.0. The van der Waals surface area contributed by atoms with Gasteiger partial charge in [0.05, 0.1) is 48.4 Å². The maximum Gasteiger partial charge on any atom is 0.435 e. The number of hydrogen-bond acceptors (Lipinski definition) is 6. The monoisotopic (exact) mass is 910 g/mol. The highest BCUT2D eigenvalue weighted by Gasteiger charge is 2.35. The lowest BCUT2D eigenvalue weighted by Crippen LogP contribution is -2.22. The van der Waals surface area contributed by atoms with Crippen LogP contribution in [-0.4, -0.2) is 60.9 Å². The Morgan fingerprint density at radius 3 is 1.97 bits per heavy atom. The number of aliphatic carboxylic acids is 1. The molecule has 0 radical (unpaired) electrons. The van der Waals surface area contributed by atoms with Crippen LogP contribution >= 0.6 is 11.6 Å². The minimum atomic E-state index is -4.53. The van der Waals surface area contributed by atoms with Gasteiger partial charge in [-0.2, -0.15) is 18.3 Å². The number of carboxylic acids is 1. The second kappa shape index (κ2) is 21.3. The number of halogens is 5. The van der Waals surface area contributed by atoms with E-state index in [1.54, 1.807) is 60.7 Å². The van der Waals surface area contributed by atoms with Crippen LogP contribution < -0.4 is 10.1 Å². The molecule has 0 aliphatic rings. The number of para-hydroxylation sites is 1. The van der Waals surface area contributed by atoms with Crippen molar-refractivity contribution in [3.8, 4) is 45.1 Å². The van der Waals surface area contributed by atoms with E-state index in [-0.39, 0.29) is 37.0 Å². The molecule has 2 aromatic heterocycles. The topological polar surface area (TPSA) is 139 Å². The molecule has 0 saturated heterocycles. The highest BCUT2D eigenvalue weighted by atomic mass is 35.5. The van der Waals surface area contributed by atoms with E-state index in [0.717, 1.165) is 17.3 Å². The Morgan fingerprint density at radius 2 is 1.40 bits per heavy atom. The molecule has 0 aliphatic heterocycles. The SMILES string of the molecule is CC(C)c1c(C(=O)Nc2ccccc2)c(-c2ccccc2)c(-c2ccc(F)cc2)n1CC[C@@H](O)C[C@@H](O)CC(=O)O.COc1ccc(-n2nc(C(F)(F)F)cc2-c2ccc(Cl)cc2)cc1. The van der Waals surface area contributed by atoms with Gasteiger partial charge in [0.2, 0.25) is 0 Å². The number of benzene rings is 5. The van der Waals surface area contributed by atoms with Gasteiger partial charge in [0, 0.05) is 34.1 Å². The van der Waals surface area contributed by atoms with Gasteiger partial charge in [-0.3, -0.25) is 9.59 Å². The summed E-state index contributed by atoms with van der Waals surface area (Å²) in [5, 5.41) is 37.0. The van der Waals surface area contributed by atoms with Crippen LogP contribution in [0.25, 0.3) is 39.3 Å². The largest absolute Gasteiger partial charge is 0.497 e. The predicted molar refractivity (Wildman–Crippen MR) is 243 cm³/mol. The molecule has 7 rings (SSSR count). The smallest absolute Gasteiger partial charge is 0.435 e. The molecule has 7 aromatic rings. The summed E-state index contributed by atoms with van der Waals surface area (Å²) >= 11 is 5.85. The fourth-order valence-electron chi connectivity index (χ4n) is 7.47. The first-order valence-electron chi connectivity index (χ1n) is 20.6. The van der Waals surface area contributed by atoms with E-state index >= 15 is 0 Å². The lowest BCUT2D eigenvalue weighted by molar-refractivity contribution is -0.141. The van der Waals surface area contributed by atoms with Gasteiger partial charge in [0.15, 0.2) is 5.69 Å². The minimum absolute atomic E-state index is 0.0939. The third kappa shape index (κ3) is 12.1. The maximum absolute atomic E-state index is 14.0. The van der Waals surface area contributed by atoms with Crippen molar-refractivity contribution >= 4 is 29.2 Å². The third-order valence-corrected chi connectivity index (χ3v) is 10.6. The van der Waals surface area contributed by atoms with Crippen LogP contribution in [0.5, 0.6) is 5.75 Å². The number of nitrogens with zero attached hydrogens (tertiary/aromatic N) is 3. The van der Waals surface area contributed by atoms with Crippen molar-refractivity contribution in [3.63, 3.8) is 0 Å². The average Bonchev–Trinajstić information content (AvgIpc) is 3.88. The zero-order valence-electron chi connectivity index (χ0n) is 35.6. The third-order valence-electron chi connectivity index (χ3n) is 10.4. The number of nitrogens with one attached hydrogen (secondary N) is 1. The van der Waals surface area contributed by atoms with Crippen molar-refractivity contribution in [2.24, 2.45) is 0 Å². The highest BCUT2D eigenvalue weighted by molar-refractivity contribution is 6.30. The summed E-state index contributed by atoms with van der Waals surface area (Å²) < 4.78 is 61.6. The molecular weight excluding hydrogens is 864 g/mol. The zero-order chi connectivity index (χ0) is 46.8. The van der Waals surface area contributed by atoms with Crippen LogP contribution in [0.4, 0.5) is 23.2 Å². The number of rotatable bonds is 15. The molecule has 0 unspecified atom stereocenters. The van der Waals surface area contributed by atoms with Gasteiger partial charge < -0.3 is 29.9 Å². The first-order valence-corrected chi connectivity index (χ1v) is 21.0. The minimum Gasteiger partial charge on any atom is -0.497 e.